The molecule has 0 unspecified atom stereocenters. The van der Waals surface area contributed by atoms with E-state index in [0.29, 0.717) is 5.69 Å². The monoisotopic (exact) mass is 401 g/mol. The number of nitrogens with one attached hydrogen (secondary N) is 2. The lowest BCUT2D eigenvalue weighted by Crippen LogP contribution is -2.49. The minimum atomic E-state index is -1.89. The van der Waals surface area contributed by atoms with Crippen LogP contribution in [0.15, 0.2) is 48.5 Å². The zero-order chi connectivity index (χ0) is 18.6. The number of hydrogen-bond donors (Lipinski definition) is 2. The molecule has 0 aliphatic rings. The second-order valence-corrected chi connectivity index (χ2v) is 7.61. The fourth-order valence-electron chi connectivity index (χ4n) is 2.13. The molecule has 0 heterocycles. The van der Waals surface area contributed by atoms with Gasteiger partial charge in [0, 0.05) is 11.8 Å². The average Bonchev–Trinajstić information content (AvgIpc) is 2.53. The van der Waals surface area contributed by atoms with Crippen molar-refractivity contribution in [3.05, 3.63) is 69.8 Å². The molecule has 9 heteroatoms. The highest BCUT2D eigenvalue weighted by atomic mass is 35.6. The Balaban J connectivity index is 2.26. The zero-order valence-corrected chi connectivity index (χ0v) is 15.3. The summed E-state index contributed by atoms with van der Waals surface area (Å²) in [6.07, 6.45) is -1.10. The van der Waals surface area contributed by atoms with E-state index >= 15 is 0 Å². The number of alkyl halides is 3. The number of anilines is 1. The average molecular weight is 403 g/mol. The van der Waals surface area contributed by atoms with Gasteiger partial charge in [-0.3, -0.25) is 14.9 Å². The Morgan fingerprint density at radius 2 is 1.84 bits per heavy atom. The number of hydrogen-bond acceptors (Lipinski definition) is 4. The van der Waals surface area contributed by atoms with Crippen LogP contribution in [0.5, 0.6) is 0 Å². The van der Waals surface area contributed by atoms with Gasteiger partial charge in [0.1, 0.15) is 11.7 Å². The minimum Gasteiger partial charge on any atom is -0.362 e. The van der Waals surface area contributed by atoms with E-state index in [4.69, 9.17) is 34.8 Å². The number of nitro benzene ring substituents is 1. The first kappa shape index (κ1) is 19.3. The second-order valence-electron chi connectivity index (χ2n) is 5.24. The molecular weight excluding hydrogens is 389 g/mol. The summed E-state index contributed by atoms with van der Waals surface area (Å²) in [4.78, 5) is 22.9. The van der Waals surface area contributed by atoms with Crippen LogP contribution in [0.4, 0.5) is 11.4 Å². The molecule has 132 valence electrons. The number of benzene rings is 2. The van der Waals surface area contributed by atoms with Gasteiger partial charge < -0.3 is 10.6 Å². The third-order valence-corrected chi connectivity index (χ3v) is 3.93. The molecule has 0 spiro atoms. The van der Waals surface area contributed by atoms with Crippen LogP contribution in [0.3, 0.4) is 0 Å². The molecule has 1 atom stereocenters. The SMILES string of the molecule is Cc1cccc(N[C@@H](NC(=O)c2ccccc2[N+](=O)[O-])C(Cl)(Cl)Cl)c1. The van der Waals surface area contributed by atoms with E-state index in [9.17, 15) is 14.9 Å². The van der Waals surface area contributed by atoms with Crippen molar-refractivity contribution in [1.29, 1.82) is 0 Å². The van der Waals surface area contributed by atoms with Gasteiger partial charge in [0.25, 0.3) is 11.6 Å². The molecule has 1 amide bonds. The molecule has 2 aromatic carbocycles. The maximum Gasteiger partial charge on any atom is 0.282 e. The lowest BCUT2D eigenvalue weighted by atomic mass is 10.1. The minimum absolute atomic E-state index is 0.127. The molecule has 0 bridgehead atoms. The number of aryl methyl sites for hydroxylation is 1. The van der Waals surface area contributed by atoms with E-state index in [1.807, 2.05) is 13.0 Å². The standard InChI is InChI=1S/C16H14Cl3N3O3/c1-10-5-4-6-11(9-10)20-15(16(17,18)19)21-14(23)12-7-2-3-8-13(12)22(24)25/h2-9,15,20H,1H3,(H,21,23)/t15-/m0/s1. The summed E-state index contributed by atoms with van der Waals surface area (Å²) >= 11 is 17.8. The van der Waals surface area contributed by atoms with Crippen LogP contribution in [0.25, 0.3) is 0 Å². The maximum absolute atomic E-state index is 12.5. The first-order valence-corrected chi connectivity index (χ1v) is 8.26. The largest absolute Gasteiger partial charge is 0.362 e. The number of halogens is 3. The van der Waals surface area contributed by atoms with Gasteiger partial charge in [0.15, 0.2) is 0 Å². The quantitative estimate of drug-likeness (QED) is 0.335. The fourth-order valence-corrected chi connectivity index (χ4v) is 2.46. The van der Waals surface area contributed by atoms with Crippen LogP contribution >= 0.6 is 34.8 Å². The van der Waals surface area contributed by atoms with E-state index < -0.39 is 20.8 Å². The van der Waals surface area contributed by atoms with Gasteiger partial charge in [-0.1, -0.05) is 59.1 Å². The number of amides is 1. The van der Waals surface area contributed by atoms with Crippen LogP contribution in [-0.2, 0) is 0 Å². The molecule has 6 nitrogen and oxygen atoms in total. The maximum atomic E-state index is 12.5. The summed E-state index contributed by atoms with van der Waals surface area (Å²) in [5, 5.41) is 16.5. The Hall–Kier alpha value is -2.02. The highest BCUT2D eigenvalue weighted by molar-refractivity contribution is 6.68. The summed E-state index contributed by atoms with van der Waals surface area (Å²) in [5.74, 6) is -0.733. The predicted molar refractivity (Wildman–Crippen MR) is 99.4 cm³/mol. The van der Waals surface area contributed by atoms with E-state index in [-0.39, 0.29) is 11.3 Å². The molecule has 0 fully saturated rings. The van der Waals surface area contributed by atoms with Crippen molar-refractivity contribution in [2.75, 3.05) is 5.32 Å². The first-order valence-electron chi connectivity index (χ1n) is 7.12. The van der Waals surface area contributed by atoms with Crippen LogP contribution < -0.4 is 10.6 Å². The lowest BCUT2D eigenvalue weighted by molar-refractivity contribution is -0.385. The predicted octanol–water partition coefficient (Wildman–Crippen LogP) is 4.44. The molecule has 25 heavy (non-hydrogen) atoms. The van der Waals surface area contributed by atoms with Crippen molar-refractivity contribution in [2.45, 2.75) is 16.9 Å². The summed E-state index contributed by atoms with van der Waals surface area (Å²) in [7, 11) is 0. The van der Waals surface area contributed by atoms with Crippen LogP contribution in [0.2, 0.25) is 0 Å². The Morgan fingerprint density at radius 3 is 2.44 bits per heavy atom. The molecule has 0 aromatic heterocycles. The van der Waals surface area contributed by atoms with Gasteiger partial charge in [-0.25, -0.2) is 0 Å². The molecule has 2 aromatic rings. The van der Waals surface area contributed by atoms with Crippen LogP contribution in [-0.4, -0.2) is 20.8 Å². The van der Waals surface area contributed by atoms with E-state index in [1.54, 1.807) is 18.2 Å². The molecule has 2 rings (SSSR count). The molecule has 0 aliphatic carbocycles. The molecule has 2 N–H and O–H groups in total. The molecule has 0 radical (unpaired) electrons. The molecule has 0 saturated carbocycles. The van der Waals surface area contributed by atoms with E-state index in [1.165, 1.54) is 24.3 Å². The van der Waals surface area contributed by atoms with Gasteiger partial charge in [-0.05, 0) is 30.7 Å². The Kier molecular flexibility index (Phi) is 6.11. The van der Waals surface area contributed by atoms with Gasteiger partial charge in [0.05, 0.1) is 4.92 Å². The molecule has 0 aliphatic heterocycles. The number of rotatable bonds is 5. The Bertz CT molecular complexity index is 793. The van der Waals surface area contributed by atoms with Crippen molar-refractivity contribution in [3.8, 4) is 0 Å². The lowest BCUT2D eigenvalue weighted by Gasteiger charge is -2.27. The van der Waals surface area contributed by atoms with Gasteiger partial charge in [0.2, 0.25) is 3.79 Å². The van der Waals surface area contributed by atoms with E-state index in [2.05, 4.69) is 10.6 Å². The molecular formula is C16H14Cl3N3O3. The Labute approximate surface area is 159 Å². The number of carbonyl (C=O) groups is 1. The van der Waals surface area contributed by atoms with Crippen LogP contribution in [0, 0.1) is 17.0 Å². The highest BCUT2D eigenvalue weighted by Gasteiger charge is 2.35. The first-order chi connectivity index (χ1) is 11.7. The summed E-state index contributed by atoms with van der Waals surface area (Å²) in [6.45, 7) is 1.89. The third kappa shape index (κ3) is 5.22. The van der Waals surface area contributed by atoms with Crippen molar-refractivity contribution >= 4 is 52.1 Å². The van der Waals surface area contributed by atoms with Gasteiger partial charge in [-0.2, -0.15) is 0 Å². The summed E-state index contributed by atoms with van der Waals surface area (Å²) in [6, 6.07) is 12.8. The number of nitrogens with zero attached hydrogens (tertiary/aromatic N) is 1. The number of para-hydroxylation sites is 1. The third-order valence-electron chi connectivity index (χ3n) is 3.28. The second kappa shape index (κ2) is 7.91. The van der Waals surface area contributed by atoms with Crippen molar-refractivity contribution in [3.63, 3.8) is 0 Å². The van der Waals surface area contributed by atoms with Crippen molar-refractivity contribution < 1.29 is 9.72 Å². The Morgan fingerprint density at radius 1 is 1.16 bits per heavy atom. The van der Waals surface area contributed by atoms with Gasteiger partial charge in [-0.15, -0.1) is 0 Å². The van der Waals surface area contributed by atoms with Crippen LogP contribution in [0.1, 0.15) is 15.9 Å². The summed E-state index contributed by atoms with van der Waals surface area (Å²) < 4.78 is -1.89. The number of carbonyl (C=O) groups excluding carboxylic acids is 1. The number of nitro groups is 1. The highest BCUT2D eigenvalue weighted by Crippen LogP contribution is 2.31. The summed E-state index contributed by atoms with van der Waals surface area (Å²) in [5.41, 5.74) is 1.13. The van der Waals surface area contributed by atoms with Gasteiger partial charge >= 0.3 is 0 Å². The fraction of sp³-hybridized carbons (Fsp3) is 0.188. The zero-order valence-electron chi connectivity index (χ0n) is 13.0. The topological polar surface area (TPSA) is 84.3 Å². The normalized spacial score (nSPS) is 12.3. The molecule has 0 saturated heterocycles. The van der Waals surface area contributed by atoms with E-state index in [0.717, 1.165) is 5.56 Å². The van der Waals surface area contributed by atoms with Crippen molar-refractivity contribution in [2.24, 2.45) is 0 Å². The van der Waals surface area contributed by atoms with Crippen molar-refractivity contribution in [1.82, 2.24) is 5.32 Å². The smallest absolute Gasteiger partial charge is 0.282 e.